The molecule has 0 aromatic carbocycles. The lowest BCUT2D eigenvalue weighted by molar-refractivity contribution is 0.0296. The molecular weight excluding hydrogens is 228 g/mol. The van der Waals surface area contributed by atoms with Gasteiger partial charge in [-0.1, -0.05) is 6.92 Å². The van der Waals surface area contributed by atoms with E-state index in [1.165, 1.54) is 0 Å². The number of nitriles is 1. The number of rotatable bonds is 2. The summed E-state index contributed by atoms with van der Waals surface area (Å²) in [5, 5.41) is 8.98. The number of hydrogen-bond donors (Lipinski definition) is 1. The summed E-state index contributed by atoms with van der Waals surface area (Å²) in [6.07, 6.45) is 1.17. The van der Waals surface area contributed by atoms with Crippen LogP contribution in [0.4, 0.5) is 11.5 Å². The van der Waals surface area contributed by atoms with E-state index in [1.54, 1.807) is 6.07 Å². The molecule has 0 bridgehead atoms. The Hall–Kier alpha value is -1.80. The molecule has 2 rings (SSSR count). The maximum Gasteiger partial charge on any atom is 0.165 e. The minimum Gasteiger partial charge on any atom is -0.396 e. The van der Waals surface area contributed by atoms with Gasteiger partial charge >= 0.3 is 0 Å². The Balaban J connectivity index is 2.31. The van der Waals surface area contributed by atoms with E-state index in [0.717, 1.165) is 18.8 Å². The van der Waals surface area contributed by atoms with Gasteiger partial charge in [0, 0.05) is 6.54 Å². The standard InChI is InChI=1S/C13H18N4O/c1-3-10-8-18-9(2)7-17(10)13-5-4-11(15)12(6-14)16-13/h4-5,9-10H,3,7-8,15H2,1-2H3. The van der Waals surface area contributed by atoms with Crippen molar-refractivity contribution >= 4 is 11.5 Å². The number of ether oxygens (including phenoxy) is 1. The highest BCUT2D eigenvalue weighted by Crippen LogP contribution is 2.23. The summed E-state index contributed by atoms with van der Waals surface area (Å²) < 4.78 is 5.65. The van der Waals surface area contributed by atoms with Gasteiger partial charge in [-0.3, -0.25) is 0 Å². The molecule has 18 heavy (non-hydrogen) atoms. The van der Waals surface area contributed by atoms with Crippen LogP contribution >= 0.6 is 0 Å². The Morgan fingerprint density at radius 2 is 2.39 bits per heavy atom. The van der Waals surface area contributed by atoms with Gasteiger partial charge in [-0.15, -0.1) is 0 Å². The highest BCUT2D eigenvalue weighted by Gasteiger charge is 2.26. The predicted molar refractivity (Wildman–Crippen MR) is 70.2 cm³/mol. The van der Waals surface area contributed by atoms with E-state index in [-0.39, 0.29) is 6.10 Å². The van der Waals surface area contributed by atoms with Crippen LogP contribution in [0.25, 0.3) is 0 Å². The van der Waals surface area contributed by atoms with E-state index >= 15 is 0 Å². The molecule has 5 nitrogen and oxygen atoms in total. The van der Waals surface area contributed by atoms with Gasteiger partial charge in [-0.25, -0.2) is 4.98 Å². The molecule has 0 saturated carbocycles. The van der Waals surface area contributed by atoms with Crippen LogP contribution in [0.3, 0.4) is 0 Å². The number of anilines is 2. The van der Waals surface area contributed by atoms with Crippen LogP contribution in [-0.4, -0.2) is 30.3 Å². The van der Waals surface area contributed by atoms with Gasteiger partial charge in [-0.2, -0.15) is 5.26 Å². The first-order valence-corrected chi connectivity index (χ1v) is 6.20. The molecule has 1 aliphatic rings. The normalized spacial score (nSPS) is 23.7. The van der Waals surface area contributed by atoms with Crippen LogP contribution in [0.2, 0.25) is 0 Å². The van der Waals surface area contributed by atoms with E-state index in [9.17, 15) is 0 Å². The van der Waals surface area contributed by atoms with Crippen molar-refractivity contribution in [1.29, 1.82) is 5.26 Å². The second kappa shape index (κ2) is 5.23. The zero-order valence-corrected chi connectivity index (χ0v) is 10.8. The lowest BCUT2D eigenvalue weighted by Gasteiger charge is -2.39. The quantitative estimate of drug-likeness (QED) is 0.856. The van der Waals surface area contributed by atoms with Gasteiger partial charge < -0.3 is 15.4 Å². The van der Waals surface area contributed by atoms with Crippen LogP contribution in [0.1, 0.15) is 26.0 Å². The predicted octanol–water partition coefficient (Wildman–Crippen LogP) is 1.54. The summed E-state index contributed by atoms with van der Waals surface area (Å²) >= 11 is 0. The van der Waals surface area contributed by atoms with Crippen molar-refractivity contribution in [2.75, 3.05) is 23.8 Å². The SMILES string of the molecule is CCC1COC(C)CN1c1ccc(N)c(C#N)n1. The van der Waals surface area contributed by atoms with Gasteiger partial charge in [0.25, 0.3) is 0 Å². The number of nitrogens with zero attached hydrogens (tertiary/aromatic N) is 3. The van der Waals surface area contributed by atoms with Crippen LogP contribution in [-0.2, 0) is 4.74 Å². The first-order chi connectivity index (χ1) is 8.65. The van der Waals surface area contributed by atoms with Gasteiger partial charge in [0.1, 0.15) is 11.9 Å². The summed E-state index contributed by atoms with van der Waals surface area (Å²) in [6, 6.07) is 5.95. The van der Waals surface area contributed by atoms with Crippen molar-refractivity contribution in [2.24, 2.45) is 0 Å². The van der Waals surface area contributed by atoms with Gasteiger partial charge in [-0.05, 0) is 25.5 Å². The smallest absolute Gasteiger partial charge is 0.165 e. The van der Waals surface area contributed by atoms with Crippen molar-refractivity contribution in [3.8, 4) is 6.07 Å². The first-order valence-electron chi connectivity index (χ1n) is 6.20. The molecule has 0 radical (unpaired) electrons. The third-order valence-electron chi connectivity index (χ3n) is 3.25. The van der Waals surface area contributed by atoms with Gasteiger partial charge in [0.05, 0.1) is 24.4 Å². The summed E-state index contributed by atoms with van der Waals surface area (Å²) in [6.45, 7) is 5.66. The van der Waals surface area contributed by atoms with E-state index in [4.69, 9.17) is 15.7 Å². The Kier molecular flexibility index (Phi) is 3.68. The first kappa shape index (κ1) is 12.7. The van der Waals surface area contributed by atoms with Crippen molar-refractivity contribution < 1.29 is 4.74 Å². The second-order valence-electron chi connectivity index (χ2n) is 4.58. The Morgan fingerprint density at radius 1 is 1.61 bits per heavy atom. The third-order valence-corrected chi connectivity index (χ3v) is 3.25. The van der Waals surface area contributed by atoms with Crippen LogP contribution < -0.4 is 10.6 Å². The van der Waals surface area contributed by atoms with E-state index in [1.807, 2.05) is 19.1 Å². The molecule has 1 saturated heterocycles. The molecule has 5 heteroatoms. The molecule has 0 amide bonds. The Bertz CT molecular complexity index is 469. The molecule has 1 fully saturated rings. The summed E-state index contributed by atoms with van der Waals surface area (Å²) in [4.78, 5) is 6.53. The largest absolute Gasteiger partial charge is 0.396 e. The fraction of sp³-hybridized carbons (Fsp3) is 0.538. The van der Waals surface area contributed by atoms with Crippen LogP contribution in [0, 0.1) is 11.3 Å². The molecule has 2 unspecified atom stereocenters. The van der Waals surface area contributed by atoms with Gasteiger partial charge in [0.2, 0.25) is 0 Å². The maximum absolute atomic E-state index is 8.98. The average molecular weight is 246 g/mol. The summed E-state index contributed by atoms with van der Waals surface area (Å²) in [5.74, 6) is 0.808. The van der Waals surface area contributed by atoms with Crippen molar-refractivity contribution in [3.05, 3.63) is 17.8 Å². The lowest BCUT2D eigenvalue weighted by atomic mass is 10.1. The number of aromatic nitrogens is 1. The molecule has 96 valence electrons. The minimum absolute atomic E-state index is 0.178. The third kappa shape index (κ3) is 2.39. The average Bonchev–Trinajstić information content (AvgIpc) is 2.39. The molecule has 1 aliphatic heterocycles. The number of nitrogens with two attached hydrogens (primary N) is 1. The maximum atomic E-state index is 8.98. The van der Waals surface area contributed by atoms with Gasteiger partial charge in [0.15, 0.2) is 5.69 Å². The topological polar surface area (TPSA) is 75.2 Å². The fourth-order valence-corrected chi connectivity index (χ4v) is 2.17. The van der Waals surface area contributed by atoms with Crippen LogP contribution in [0.15, 0.2) is 12.1 Å². The number of morpholine rings is 1. The molecule has 0 aliphatic carbocycles. The molecular formula is C13H18N4O. The van der Waals surface area contributed by atoms with Crippen molar-refractivity contribution in [1.82, 2.24) is 4.98 Å². The minimum atomic E-state index is 0.178. The zero-order valence-electron chi connectivity index (χ0n) is 10.8. The van der Waals surface area contributed by atoms with Crippen LogP contribution in [0.5, 0.6) is 0 Å². The monoisotopic (exact) mass is 246 g/mol. The number of hydrogen-bond acceptors (Lipinski definition) is 5. The molecule has 1 aromatic heterocycles. The zero-order chi connectivity index (χ0) is 13.1. The number of nitrogen functional groups attached to an aromatic ring is 1. The van der Waals surface area contributed by atoms with E-state index in [2.05, 4.69) is 16.8 Å². The second-order valence-corrected chi connectivity index (χ2v) is 4.58. The molecule has 2 N–H and O–H groups in total. The van der Waals surface area contributed by atoms with E-state index in [0.29, 0.717) is 24.0 Å². The fourth-order valence-electron chi connectivity index (χ4n) is 2.17. The molecule has 1 aromatic rings. The highest BCUT2D eigenvalue weighted by molar-refractivity contribution is 5.56. The molecule has 2 atom stereocenters. The lowest BCUT2D eigenvalue weighted by Crippen LogP contribution is -2.49. The Morgan fingerprint density at radius 3 is 3.06 bits per heavy atom. The van der Waals surface area contributed by atoms with Crippen molar-refractivity contribution in [2.45, 2.75) is 32.4 Å². The highest BCUT2D eigenvalue weighted by atomic mass is 16.5. The molecule has 2 heterocycles. The molecule has 0 spiro atoms. The van der Waals surface area contributed by atoms with E-state index < -0.39 is 0 Å². The summed E-state index contributed by atoms with van der Waals surface area (Å²) in [7, 11) is 0. The Labute approximate surface area is 107 Å². The number of pyridine rings is 1. The summed E-state index contributed by atoms with van der Waals surface area (Å²) in [5.41, 5.74) is 6.42. The van der Waals surface area contributed by atoms with Crippen molar-refractivity contribution in [3.63, 3.8) is 0 Å².